The average molecular weight is 289 g/mol. The van der Waals surface area contributed by atoms with Crippen LogP contribution in [0.4, 0.5) is 0 Å². The summed E-state index contributed by atoms with van der Waals surface area (Å²) in [5.41, 5.74) is 8.28. The zero-order valence-corrected chi connectivity index (χ0v) is 13.0. The second-order valence-corrected chi connectivity index (χ2v) is 5.09. The van der Waals surface area contributed by atoms with E-state index in [1.54, 1.807) is 13.3 Å². The number of para-hydroxylation sites is 1. The van der Waals surface area contributed by atoms with Gasteiger partial charge < -0.3 is 15.2 Å². The molecule has 1 heterocycles. The van der Waals surface area contributed by atoms with Gasteiger partial charge in [-0.1, -0.05) is 18.2 Å². The van der Waals surface area contributed by atoms with Crippen molar-refractivity contribution in [3.8, 4) is 11.5 Å². The molecule has 5 nitrogen and oxygen atoms in total. The van der Waals surface area contributed by atoms with Gasteiger partial charge in [0.25, 0.3) is 0 Å². The Bertz CT molecular complexity index is 593. The molecule has 1 unspecified atom stereocenters. The van der Waals surface area contributed by atoms with Crippen molar-refractivity contribution < 1.29 is 9.47 Å². The zero-order chi connectivity index (χ0) is 15.4. The summed E-state index contributed by atoms with van der Waals surface area (Å²) in [5.74, 6) is 1.49. The van der Waals surface area contributed by atoms with Crippen LogP contribution in [0.2, 0.25) is 0 Å². The average Bonchev–Trinajstić information content (AvgIpc) is 2.91. The normalized spacial score (nSPS) is 12.5. The fraction of sp³-hybridized carbons (Fsp3) is 0.438. The number of benzene rings is 1. The summed E-state index contributed by atoms with van der Waals surface area (Å²) in [6.45, 7) is 6.69. The molecule has 2 aromatic rings. The van der Waals surface area contributed by atoms with Crippen molar-refractivity contribution in [3.63, 3.8) is 0 Å². The first-order valence-corrected chi connectivity index (χ1v) is 7.18. The number of methoxy groups -OCH3 is 1. The lowest BCUT2D eigenvalue weighted by Gasteiger charge is -2.20. The van der Waals surface area contributed by atoms with Crippen LogP contribution < -0.4 is 15.2 Å². The van der Waals surface area contributed by atoms with Crippen molar-refractivity contribution in [2.75, 3.05) is 13.7 Å². The highest BCUT2D eigenvalue weighted by Gasteiger charge is 2.23. The van der Waals surface area contributed by atoms with Crippen LogP contribution in [-0.2, 0) is 0 Å². The third-order valence-electron chi connectivity index (χ3n) is 3.36. The van der Waals surface area contributed by atoms with E-state index >= 15 is 0 Å². The topological polar surface area (TPSA) is 62.3 Å². The molecule has 0 saturated heterocycles. The molecule has 0 amide bonds. The Kier molecular flexibility index (Phi) is 4.85. The van der Waals surface area contributed by atoms with Crippen LogP contribution in [-0.4, -0.2) is 23.5 Å². The zero-order valence-electron chi connectivity index (χ0n) is 13.0. The molecule has 0 spiro atoms. The van der Waals surface area contributed by atoms with E-state index in [1.165, 1.54) is 0 Å². The minimum atomic E-state index is -0.354. The van der Waals surface area contributed by atoms with Gasteiger partial charge in [0, 0.05) is 11.6 Å². The second-order valence-electron chi connectivity index (χ2n) is 5.09. The Morgan fingerprint density at radius 1 is 1.24 bits per heavy atom. The summed E-state index contributed by atoms with van der Waals surface area (Å²) in [4.78, 5) is 0. The third kappa shape index (κ3) is 3.03. The summed E-state index contributed by atoms with van der Waals surface area (Å²) in [6, 6.07) is 7.66. The molecule has 0 aliphatic carbocycles. The van der Waals surface area contributed by atoms with Gasteiger partial charge in [0.1, 0.15) is 11.4 Å². The molecule has 1 aromatic heterocycles. The lowest BCUT2D eigenvalue weighted by Crippen LogP contribution is -2.20. The van der Waals surface area contributed by atoms with Crippen molar-refractivity contribution in [1.29, 1.82) is 0 Å². The fourth-order valence-electron chi connectivity index (χ4n) is 2.39. The molecule has 0 bridgehead atoms. The van der Waals surface area contributed by atoms with Gasteiger partial charge in [-0.3, -0.25) is 4.68 Å². The molecule has 5 heteroatoms. The SMILES string of the molecule is CCOc1ccccc1C(N)c1c(OC)cnn1C(C)C. The van der Waals surface area contributed by atoms with Crippen LogP contribution in [0.25, 0.3) is 0 Å². The maximum atomic E-state index is 6.49. The maximum Gasteiger partial charge on any atom is 0.161 e. The molecule has 2 N–H and O–H groups in total. The van der Waals surface area contributed by atoms with E-state index in [2.05, 4.69) is 18.9 Å². The van der Waals surface area contributed by atoms with Crippen LogP contribution in [0, 0.1) is 0 Å². The second kappa shape index (κ2) is 6.63. The molecule has 0 aliphatic rings. The summed E-state index contributed by atoms with van der Waals surface area (Å²) in [7, 11) is 1.63. The third-order valence-corrected chi connectivity index (χ3v) is 3.36. The quantitative estimate of drug-likeness (QED) is 0.888. The van der Waals surface area contributed by atoms with Crippen LogP contribution in [0.5, 0.6) is 11.5 Å². The number of hydrogen-bond donors (Lipinski definition) is 1. The highest BCUT2D eigenvalue weighted by molar-refractivity contribution is 5.43. The predicted octanol–water partition coefficient (Wildman–Crippen LogP) is 2.92. The summed E-state index contributed by atoms with van der Waals surface area (Å²) in [5, 5.41) is 4.38. The Morgan fingerprint density at radius 2 is 1.95 bits per heavy atom. The van der Waals surface area contributed by atoms with E-state index < -0.39 is 0 Å². The first-order chi connectivity index (χ1) is 10.1. The highest BCUT2D eigenvalue weighted by Crippen LogP contribution is 2.34. The molecule has 114 valence electrons. The lowest BCUT2D eigenvalue weighted by atomic mass is 10.0. The molecule has 2 rings (SSSR count). The predicted molar refractivity (Wildman–Crippen MR) is 82.8 cm³/mol. The molecule has 1 atom stereocenters. The van der Waals surface area contributed by atoms with Crippen LogP contribution in [0.3, 0.4) is 0 Å². The fourth-order valence-corrected chi connectivity index (χ4v) is 2.39. The standard InChI is InChI=1S/C16H23N3O2/c1-5-21-13-9-7-6-8-12(13)15(17)16-14(20-4)10-18-19(16)11(2)3/h6-11,15H,5,17H2,1-4H3. The number of nitrogens with two attached hydrogens (primary N) is 1. The van der Waals surface area contributed by atoms with Gasteiger partial charge in [0.05, 0.1) is 26.0 Å². The summed E-state index contributed by atoms with van der Waals surface area (Å²) < 4.78 is 13.0. The highest BCUT2D eigenvalue weighted by atomic mass is 16.5. The van der Waals surface area contributed by atoms with Gasteiger partial charge in [-0.2, -0.15) is 5.10 Å². The first-order valence-electron chi connectivity index (χ1n) is 7.18. The van der Waals surface area contributed by atoms with Gasteiger partial charge in [-0.05, 0) is 26.8 Å². The molecule has 1 aromatic carbocycles. The van der Waals surface area contributed by atoms with Gasteiger partial charge in [0.2, 0.25) is 0 Å². The van der Waals surface area contributed by atoms with E-state index in [0.717, 1.165) is 17.0 Å². The van der Waals surface area contributed by atoms with Crippen molar-refractivity contribution >= 4 is 0 Å². The Hall–Kier alpha value is -2.01. The van der Waals surface area contributed by atoms with Crippen LogP contribution in [0.15, 0.2) is 30.5 Å². The van der Waals surface area contributed by atoms with Crippen LogP contribution >= 0.6 is 0 Å². The van der Waals surface area contributed by atoms with E-state index in [9.17, 15) is 0 Å². The number of nitrogens with zero attached hydrogens (tertiary/aromatic N) is 2. The Labute approximate surface area is 125 Å². The van der Waals surface area contributed by atoms with Crippen molar-refractivity contribution in [2.24, 2.45) is 5.73 Å². The molecule has 0 aliphatic heterocycles. The number of rotatable bonds is 6. The van der Waals surface area contributed by atoms with Gasteiger partial charge in [0.15, 0.2) is 5.75 Å². The van der Waals surface area contributed by atoms with Crippen molar-refractivity contribution in [3.05, 3.63) is 41.7 Å². The molecular formula is C16H23N3O2. The summed E-state index contributed by atoms with van der Waals surface area (Å²) >= 11 is 0. The number of ether oxygens (including phenoxy) is 2. The lowest BCUT2D eigenvalue weighted by molar-refractivity contribution is 0.334. The van der Waals surface area contributed by atoms with Gasteiger partial charge in [-0.15, -0.1) is 0 Å². The molecule has 21 heavy (non-hydrogen) atoms. The molecular weight excluding hydrogens is 266 g/mol. The van der Waals surface area contributed by atoms with E-state index in [1.807, 2.05) is 35.9 Å². The minimum absolute atomic E-state index is 0.203. The van der Waals surface area contributed by atoms with Crippen molar-refractivity contribution in [1.82, 2.24) is 9.78 Å². The monoisotopic (exact) mass is 289 g/mol. The maximum absolute atomic E-state index is 6.49. The largest absolute Gasteiger partial charge is 0.494 e. The Balaban J connectivity index is 2.49. The molecule has 0 fully saturated rings. The van der Waals surface area contributed by atoms with Gasteiger partial charge in [-0.25, -0.2) is 0 Å². The minimum Gasteiger partial charge on any atom is -0.494 e. The number of hydrogen-bond acceptors (Lipinski definition) is 4. The van der Waals surface area contributed by atoms with Crippen LogP contribution in [0.1, 0.15) is 44.1 Å². The Morgan fingerprint density at radius 3 is 2.57 bits per heavy atom. The first kappa shape index (κ1) is 15.4. The van der Waals surface area contributed by atoms with E-state index in [0.29, 0.717) is 12.4 Å². The van der Waals surface area contributed by atoms with E-state index in [4.69, 9.17) is 15.2 Å². The van der Waals surface area contributed by atoms with Crippen molar-refractivity contribution in [2.45, 2.75) is 32.9 Å². The molecule has 0 radical (unpaired) electrons. The van der Waals surface area contributed by atoms with E-state index in [-0.39, 0.29) is 12.1 Å². The number of aromatic nitrogens is 2. The summed E-state index contributed by atoms with van der Waals surface area (Å²) in [6.07, 6.45) is 1.71. The van der Waals surface area contributed by atoms with Gasteiger partial charge >= 0.3 is 0 Å². The molecule has 0 saturated carbocycles. The smallest absolute Gasteiger partial charge is 0.161 e.